The Balaban J connectivity index is 1.49. The number of benzene rings is 1. The highest BCUT2D eigenvalue weighted by Gasteiger charge is 2.46. The van der Waals surface area contributed by atoms with Gasteiger partial charge in [-0.15, -0.1) is 11.3 Å². The third-order valence-corrected chi connectivity index (χ3v) is 6.38. The van der Waals surface area contributed by atoms with Gasteiger partial charge in [-0.05, 0) is 42.3 Å². The maximum Gasteiger partial charge on any atom is 0.335 e. The Labute approximate surface area is 158 Å². The van der Waals surface area contributed by atoms with Crippen LogP contribution in [0, 0.1) is 0 Å². The van der Waals surface area contributed by atoms with Crippen molar-refractivity contribution >= 4 is 17.3 Å². The summed E-state index contributed by atoms with van der Waals surface area (Å²) in [4.78, 5) is 16.1. The van der Waals surface area contributed by atoms with Gasteiger partial charge in [0.15, 0.2) is 6.10 Å². The Morgan fingerprint density at radius 2 is 2.04 bits per heavy atom. The SMILES string of the molecule is CCOC(=O)[C@H]1Cc2sccc2C2(CCN(Cc3ccccc3)CC2)O1. The molecule has 2 aliphatic rings. The zero-order valence-corrected chi connectivity index (χ0v) is 16.0. The molecule has 4 nitrogen and oxygen atoms in total. The molecule has 4 rings (SSSR count). The van der Waals surface area contributed by atoms with Crippen LogP contribution in [0.15, 0.2) is 41.8 Å². The molecule has 0 bridgehead atoms. The zero-order chi connectivity index (χ0) is 18.0. The van der Waals surface area contributed by atoms with Crippen molar-refractivity contribution in [2.24, 2.45) is 0 Å². The van der Waals surface area contributed by atoms with Crippen molar-refractivity contribution in [1.29, 1.82) is 0 Å². The Bertz CT molecular complexity index is 750. The Hall–Kier alpha value is -1.69. The molecular weight excluding hydrogens is 346 g/mol. The highest BCUT2D eigenvalue weighted by atomic mass is 32.1. The zero-order valence-electron chi connectivity index (χ0n) is 15.1. The first-order chi connectivity index (χ1) is 12.7. The molecule has 1 saturated heterocycles. The maximum atomic E-state index is 12.3. The van der Waals surface area contributed by atoms with Gasteiger partial charge >= 0.3 is 5.97 Å². The second-order valence-corrected chi connectivity index (χ2v) is 8.08. The van der Waals surface area contributed by atoms with Gasteiger partial charge in [0.05, 0.1) is 12.2 Å². The number of nitrogens with zero attached hydrogens (tertiary/aromatic N) is 1. The first-order valence-corrected chi connectivity index (χ1v) is 10.3. The van der Waals surface area contributed by atoms with Crippen LogP contribution in [0.25, 0.3) is 0 Å². The van der Waals surface area contributed by atoms with E-state index >= 15 is 0 Å². The molecule has 0 amide bonds. The van der Waals surface area contributed by atoms with Crippen LogP contribution in [0.5, 0.6) is 0 Å². The van der Waals surface area contributed by atoms with Crippen molar-refractivity contribution in [1.82, 2.24) is 4.90 Å². The minimum atomic E-state index is -0.471. The van der Waals surface area contributed by atoms with E-state index < -0.39 is 6.10 Å². The molecule has 26 heavy (non-hydrogen) atoms. The third kappa shape index (κ3) is 3.43. The maximum absolute atomic E-state index is 12.3. The number of likely N-dealkylation sites (tertiary alicyclic amines) is 1. The quantitative estimate of drug-likeness (QED) is 0.768. The van der Waals surface area contributed by atoms with E-state index in [1.165, 1.54) is 16.0 Å². The molecule has 5 heteroatoms. The van der Waals surface area contributed by atoms with E-state index in [0.29, 0.717) is 13.0 Å². The Morgan fingerprint density at radius 1 is 1.27 bits per heavy atom. The van der Waals surface area contributed by atoms with E-state index in [2.05, 4.69) is 46.7 Å². The highest BCUT2D eigenvalue weighted by molar-refractivity contribution is 7.10. The average molecular weight is 372 g/mol. The van der Waals surface area contributed by atoms with Gasteiger partial charge in [-0.2, -0.15) is 0 Å². The van der Waals surface area contributed by atoms with Crippen LogP contribution in [-0.4, -0.2) is 36.7 Å². The Morgan fingerprint density at radius 3 is 2.77 bits per heavy atom. The normalized spacial score (nSPS) is 22.1. The topological polar surface area (TPSA) is 38.8 Å². The molecule has 0 radical (unpaired) electrons. The second-order valence-electron chi connectivity index (χ2n) is 7.08. The number of esters is 1. The largest absolute Gasteiger partial charge is 0.464 e. The number of fused-ring (bicyclic) bond motifs is 2. The van der Waals surface area contributed by atoms with E-state index in [-0.39, 0.29) is 11.6 Å². The summed E-state index contributed by atoms with van der Waals surface area (Å²) in [5.74, 6) is -0.224. The summed E-state index contributed by atoms with van der Waals surface area (Å²) < 4.78 is 11.7. The minimum Gasteiger partial charge on any atom is -0.464 e. The number of rotatable bonds is 4. The van der Waals surface area contributed by atoms with Gasteiger partial charge in [0.1, 0.15) is 0 Å². The fraction of sp³-hybridized carbons (Fsp3) is 0.476. The molecule has 2 aromatic rings. The lowest BCUT2D eigenvalue weighted by Crippen LogP contribution is -2.50. The summed E-state index contributed by atoms with van der Waals surface area (Å²) in [5, 5.41) is 2.12. The van der Waals surface area contributed by atoms with Crippen LogP contribution in [0.3, 0.4) is 0 Å². The molecule has 0 aliphatic carbocycles. The van der Waals surface area contributed by atoms with Crippen LogP contribution in [0.4, 0.5) is 0 Å². The Kier molecular flexibility index (Phi) is 5.11. The van der Waals surface area contributed by atoms with Gasteiger partial charge < -0.3 is 9.47 Å². The molecule has 0 N–H and O–H groups in total. The van der Waals surface area contributed by atoms with Gasteiger partial charge in [0, 0.05) is 30.9 Å². The first-order valence-electron chi connectivity index (χ1n) is 9.38. The molecule has 138 valence electrons. The lowest BCUT2D eigenvalue weighted by molar-refractivity contribution is -0.182. The van der Waals surface area contributed by atoms with E-state index in [9.17, 15) is 4.79 Å². The summed E-state index contributed by atoms with van der Waals surface area (Å²) in [6, 6.07) is 12.8. The molecule has 1 aromatic carbocycles. The van der Waals surface area contributed by atoms with E-state index in [4.69, 9.17) is 9.47 Å². The number of piperidine rings is 1. The minimum absolute atomic E-state index is 0.224. The highest BCUT2D eigenvalue weighted by Crippen LogP contribution is 2.45. The van der Waals surface area contributed by atoms with E-state index in [1.54, 1.807) is 11.3 Å². The molecular formula is C21H25NO3S. The van der Waals surface area contributed by atoms with Gasteiger partial charge in [-0.25, -0.2) is 4.79 Å². The van der Waals surface area contributed by atoms with Gasteiger partial charge in [0.2, 0.25) is 0 Å². The summed E-state index contributed by atoms with van der Waals surface area (Å²) in [7, 11) is 0. The predicted molar refractivity (Wildman–Crippen MR) is 102 cm³/mol. The lowest BCUT2D eigenvalue weighted by atomic mass is 9.81. The number of ether oxygens (including phenoxy) is 2. The number of thiophene rings is 1. The predicted octanol–water partition coefficient (Wildman–Crippen LogP) is 3.74. The third-order valence-electron chi connectivity index (χ3n) is 5.44. The van der Waals surface area contributed by atoms with Crippen molar-refractivity contribution < 1.29 is 14.3 Å². The van der Waals surface area contributed by atoms with Crippen LogP contribution in [0.2, 0.25) is 0 Å². The molecule has 0 unspecified atom stereocenters. The molecule has 1 atom stereocenters. The fourth-order valence-corrected chi connectivity index (χ4v) is 5.12. The second kappa shape index (κ2) is 7.51. The monoisotopic (exact) mass is 371 g/mol. The summed E-state index contributed by atoms with van der Waals surface area (Å²) in [6.45, 7) is 5.15. The van der Waals surface area contributed by atoms with Gasteiger partial charge in [-0.1, -0.05) is 30.3 Å². The van der Waals surface area contributed by atoms with Crippen LogP contribution in [-0.2, 0) is 32.8 Å². The first kappa shape index (κ1) is 17.7. The number of carbonyl (C=O) groups excluding carboxylic acids is 1. The lowest BCUT2D eigenvalue weighted by Gasteiger charge is -2.46. The number of hydrogen-bond donors (Lipinski definition) is 0. The standard InChI is InChI=1S/C21H25NO3S/c1-2-24-20(23)18-14-19-17(8-13-26-19)21(25-18)9-11-22(12-10-21)15-16-6-4-3-5-7-16/h3-8,13,18H,2,9-12,14-15H2,1H3/t18-/m1/s1. The van der Waals surface area contributed by atoms with E-state index in [1.807, 2.05) is 6.92 Å². The average Bonchev–Trinajstić information content (AvgIpc) is 3.14. The fourth-order valence-electron chi connectivity index (χ4n) is 4.12. The summed E-state index contributed by atoms with van der Waals surface area (Å²) in [5.41, 5.74) is 2.30. The number of hydrogen-bond acceptors (Lipinski definition) is 5. The van der Waals surface area contributed by atoms with Crippen molar-refractivity contribution in [2.45, 2.75) is 44.4 Å². The van der Waals surface area contributed by atoms with Crippen LogP contribution in [0.1, 0.15) is 35.8 Å². The van der Waals surface area contributed by atoms with E-state index in [0.717, 1.165) is 32.5 Å². The van der Waals surface area contributed by atoms with Gasteiger partial charge in [0.25, 0.3) is 0 Å². The van der Waals surface area contributed by atoms with Crippen molar-refractivity contribution in [3.05, 3.63) is 57.8 Å². The van der Waals surface area contributed by atoms with Crippen molar-refractivity contribution in [3.63, 3.8) is 0 Å². The summed E-state index contributed by atoms with van der Waals surface area (Å²) in [6.07, 6.45) is 2.00. The molecule has 3 heterocycles. The van der Waals surface area contributed by atoms with Crippen LogP contribution >= 0.6 is 11.3 Å². The van der Waals surface area contributed by atoms with Crippen molar-refractivity contribution in [2.75, 3.05) is 19.7 Å². The molecule has 1 aromatic heterocycles. The molecule has 1 spiro atoms. The van der Waals surface area contributed by atoms with Gasteiger partial charge in [-0.3, -0.25) is 4.90 Å². The molecule has 1 fully saturated rings. The van der Waals surface area contributed by atoms with Crippen molar-refractivity contribution in [3.8, 4) is 0 Å². The molecule has 2 aliphatic heterocycles. The molecule has 0 saturated carbocycles. The number of carbonyl (C=O) groups is 1. The summed E-state index contributed by atoms with van der Waals surface area (Å²) >= 11 is 1.73. The van der Waals surface area contributed by atoms with Crippen LogP contribution < -0.4 is 0 Å². The smallest absolute Gasteiger partial charge is 0.335 e.